The number of carbonyl (C=O) groups is 2. The molecule has 0 unspecified atom stereocenters. The fourth-order valence-corrected chi connectivity index (χ4v) is 2.07. The summed E-state index contributed by atoms with van der Waals surface area (Å²) >= 11 is 5.84. The minimum Gasteiger partial charge on any atom is -0.366 e. The van der Waals surface area contributed by atoms with E-state index in [1.54, 1.807) is 0 Å². The first kappa shape index (κ1) is 15.7. The second-order valence-electron chi connectivity index (χ2n) is 4.67. The van der Waals surface area contributed by atoms with E-state index in [1.807, 2.05) is 31.2 Å². The third-order valence-corrected chi connectivity index (χ3v) is 3.15. The van der Waals surface area contributed by atoms with Gasteiger partial charge in [-0.05, 0) is 30.7 Å². The van der Waals surface area contributed by atoms with Crippen molar-refractivity contribution in [3.05, 3.63) is 69.7 Å². The number of primary amides is 1. The third kappa shape index (κ3) is 3.93. The molecular formula is C16H14ClN3O2. The molecule has 0 aliphatic carbocycles. The number of carbonyl (C=O) groups excluding carboxylic acids is 2. The van der Waals surface area contributed by atoms with Crippen LogP contribution in [-0.4, -0.2) is 18.0 Å². The summed E-state index contributed by atoms with van der Waals surface area (Å²) in [7, 11) is 0. The van der Waals surface area contributed by atoms with E-state index in [2.05, 4.69) is 10.5 Å². The lowest BCUT2D eigenvalue weighted by molar-refractivity contribution is 0.0937. The number of hydrogen-bond acceptors (Lipinski definition) is 3. The Morgan fingerprint density at radius 1 is 1.18 bits per heavy atom. The van der Waals surface area contributed by atoms with E-state index in [-0.39, 0.29) is 11.1 Å². The minimum atomic E-state index is -0.704. The van der Waals surface area contributed by atoms with E-state index in [0.717, 1.165) is 11.1 Å². The highest BCUT2D eigenvalue weighted by atomic mass is 35.5. The summed E-state index contributed by atoms with van der Waals surface area (Å²) in [5.74, 6) is -1.26. The number of nitrogens with zero attached hydrogens (tertiary/aromatic N) is 1. The van der Waals surface area contributed by atoms with E-state index < -0.39 is 11.8 Å². The number of amides is 2. The fourth-order valence-electron chi connectivity index (χ4n) is 1.90. The van der Waals surface area contributed by atoms with E-state index in [1.165, 1.54) is 24.4 Å². The molecule has 22 heavy (non-hydrogen) atoms. The maximum absolute atomic E-state index is 12.1. The van der Waals surface area contributed by atoms with E-state index >= 15 is 0 Å². The van der Waals surface area contributed by atoms with Crippen LogP contribution in [0.1, 0.15) is 31.8 Å². The maximum Gasteiger partial charge on any atom is 0.272 e. The largest absolute Gasteiger partial charge is 0.366 e. The van der Waals surface area contributed by atoms with E-state index in [9.17, 15) is 9.59 Å². The molecule has 0 saturated heterocycles. The number of hydrazone groups is 1. The van der Waals surface area contributed by atoms with Crippen LogP contribution in [0.5, 0.6) is 0 Å². The molecule has 0 radical (unpaired) electrons. The molecule has 2 rings (SSSR count). The van der Waals surface area contributed by atoms with Gasteiger partial charge in [-0.25, -0.2) is 5.43 Å². The molecule has 2 aromatic carbocycles. The highest BCUT2D eigenvalue weighted by molar-refractivity contribution is 6.31. The quantitative estimate of drug-likeness (QED) is 0.671. The Labute approximate surface area is 132 Å². The van der Waals surface area contributed by atoms with Gasteiger partial charge in [0.05, 0.1) is 17.3 Å². The Morgan fingerprint density at radius 3 is 2.64 bits per heavy atom. The van der Waals surface area contributed by atoms with Gasteiger partial charge in [-0.2, -0.15) is 5.10 Å². The van der Waals surface area contributed by atoms with Gasteiger partial charge in [0.1, 0.15) is 0 Å². The van der Waals surface area contributed by atoms with Gasteiger partial charge in [0.15, 0.2) is 0 Å². The number of halogens is 1. The Bertz CT molecular complexity index is 757. The molecule has 0 aliphatic heterocycles. The zero-order valence-electron chi connectivity index (χ0n) is 11.8. The molecule has 6 heteroatoms. The van der Waals surface area contributed by atoms with Crippen LogP contribution in [-0.2, 0) is 0 Å². The van der Waals surface area contributed by atoms with Crippen molar-refractivity contribution in [3.63, 3.8) is 0 Å². The second kappa shape index (κ2) is 6.87. The van der Waals surface area contributed by atoms with Gasteiger partial charge in [0.25, 0.3) is 5.91 Å². The lowest BCUT2D eigenvalue weighted by Crippen LogP contribution is -2.23. The molecule has 0 aromatic heterocycles. The average molecular weight is 316 g/mol. The van der Waals surface area contributed by atoms with Crippen LogP contribution in [0.2, 0.25) is 5.02 Å². The molecule has 2 amide bonds. The maximum atomic E-state index is 12.1. The van der Waals surface area contributed by atoms with Crippen LogP contribution in [0.25, 0.3) is 0 Å². The Kier molecular flexibility index (Phi) is 4.91. The van der Waals surface area contributed by atoms with Crippen molar-refractivity contribution in [1.29, 1.82) is 0 Å². The molecule has 112 valence electrons. The molecule has 0 fully saturated rings. The van der Waals surface area contributed by atoms with Crippen molar-refractivity contribution < 1.29 is 9.59 Å². The van der Waals surface area contributed by atoms with Gasteiger partial charge in [-0.1, -0.05) is 41.4 Å². The van der Waals surface area contributed by atoms with Gasteiger partial charge >= 0.3 is 0 Å². The van der Waals surface area contributed by atoms with Crippen LogP contribution >= 0.6 is 11.6 Å². The first-order valence-electron chi connectivity index (χ1n) is 6.47. The van der Waals surface area contributed by atoms with Crippen LogP contribution < -0.4 is 11.2 Å². The standard InChI is InChI=1S/C16H14ClN3O2/c1-10-3-2-4-11(7-10)9-19-20-16(22)14-8-12(17)5-6-13(14)15(18)21/h2-9H,1H3,(H2,18,21)(H,20,22). The lowest BCUT2D eigenvalue weighted by Gasteiger charge is -2.05. The number of nitrogens with one attached hydrogen (secondary N) is 1. The van der Waals surface area contributed by atoms with Gasteiger partial charge in [0.2, 0.25) is 5.91 Å². The smallest absolute Gasteiger partial charge is 0.272 e. The average Bonchev–Trinajstić information content (AvgIpc) is 2.46. The lowest BCUT2D eigenvalue weighted by atomic mass is 10.1. The summed E-state index contributed by atoms with van der Waals surface area (Å²) in [4.78, 5) is 23.4. The summed E-state index contributed by atoms with van der Waals surface area (Å²) in [6, 6.07) is 11.9. The topological polar surface area (TPSA) is 84.6 Å². The molecule has 0 aliphatic rings. The Hall–Kier alpha value is -2.66. The number of rotatable bonds is 4. The van der Waals surface area contributed by atoms with Gasteiger partial charge in [-0.3, -0.25) is 9.59 Å². The van der Waals surface area contributed by atoms with Gasteiger partial charge in [0, 0.05) is 5.02 Å². The fraction of sp³-hybridized carbons (Fsp3) is 0.0625. The van der Waals surface area contributed by atoms with E-state index in [0.29, 0.717) is 5.02 Å². The normalized spacial score (nSPS) is 10.6. The summed E-state index contributed by atoms with van der Waals surface area (Å²) in [5.41, 5.74) is 9.70. The van der Waals surface area contributed by atoms with Crippen molar-refractivity contribution in [3.8, 4) is 0 Å². The van der Waals surface area contributed by atoms with Crippen molar-refractivity contribution in [2.24, 2.45) is 10.8 Å². The predicted molar refractivity (Wildman–Crippen MR) is 86.2 cm³/mol. The first-order chi connectivity index (χ1) is 10.5. The number of aryl methyl sites for hydroxylation is 1. The summed E-state index contributed by atoms with van der Waals surface area (Å²) in [6.45, 7) is 1.96. The van der Waals surface area contributed by atoms with Crippen LogP contribution in [0.3, 0.4) is 0 Å². The van der Waals surface area contributed by atoms with Crippen molar-refractivity contribution in [2.45, 2.75) is 6.92 Å². The third-order valence-electron chi connectivity index (χ3n) is 2.91. The highest BCUT2D eigenvalue weighted by Crippen LogP contribution is 2.15. The Morgan fingerprint density at radius 2 is 1.95 bits per heavy atom. The predicted octanol–water partition coefficient (Wildman–Crippen LogP) is 2.51. The molecule has 0 saturated carbocycles. The second-order valence-corrected chi connectivity index (χ2v) is 5.10. The number of benzene rings is 2. The molecule has 0 bridgehead atoms. The SMILES string of the molecule is Cc1cccc(C=NNC(=O)c2cc(Cl)ccc2C(N)=O)c1. The minimum absolute atomic E-state index is 0.0846. The first-order valence-corrected chi connectivity index (χ1v) is 6.84. The van der Waals surface area contributed by atoms with Crippen LogP contribution in [0.15, 0.2) is 47.6 Å². The van der Waals surface area contributed by atoms with Gasteiger partial charge in [-0.15, -0.1) is 0 Å². The molecule has 5 nitrogen and oxygen atoms in total. The summed E-state index contributed by atoms with van der Waals surface area (Å²) < 4.78 is 0. The monoisotopic (exact) mass is 315 g/mol. The molecule has 0 heterocycles. The number of hydrogen-bond donors (Lipinski definition) is 2. The van der Waals surface area contributed by atoms with Crippen molar-refractivity contribution >= 4 is 29.6 Å². The molecule has 3 N–H and O–H groups in total. The van der Waals surface area contributed by atoms with Crippen LogP contribution in [0, 0.1) is 6.92 Å². The molecular weight excluding hydrogens is 302 g/mol. The number of nitrogens with two attached hydrogens (primary N) is 1. The molecule has 2 aromatic rings. The zero-order chi connectivity index (χ0) is 16.1. The highest BCUT2D eigenvalue weighted by Gasteiger charge is 2.15. The van der Waals surface area contributed by atoms with Crippen molar-refractivity contribution in [2.75, 3.05) is 0 Å². The Balaban J connectivity index is 2.16. The molecule has 0 spiro atoms. The molecule has 0 atom stereocenters. The van der Waals surface area contributed by atoms with Gasteiger partial charge < -0.3 is 5.73 Å². The summed E-state index contributed by atoms with van der Waals surface area (Å²) in [5, 5.41) is 4.20. The zero-order valence-corrected chi connectivity index (χ0v) is 12.6. The van der Waals surface area contributed by atoms with E-state index in [4.69, 9.17) is 17.3 Å². The summed E-state index contributed by atoms with van der Waals surface area (Å²) in [6.07, 6.45) is 1.51. The van der Waals surface area contributed by atoms with Crippen LogP contribution in [0.4, 0.5) is 0 Å². The van der Waals surface area contributed by atoms with Crippen molar-refractivity contribution in [1.82, 2.24) is 5.43 Å².